The Morgan fingerprint density at radius 2 is 1.86 bits per heavy atom. The smallest absolute Gasteiger partial charge is 0.280 e. The molecule has 0 atom stereocenters. The Kier molecular flexibility index (Phi) is 4.93. The van der Waals surface area contributed by atoms with E-state index in [1.54, 1.807) is 7.05 Å². The van der Waals surface area contributed by atoms with Gasteiger partial charge < -0.3 is 15.0 Å². The third-order valence-corrected chi connectivity index (χ3v) is 5.72. The summed E-state index contributed by atoms with van der Waals surface area (Å²) in [4.78, 5) is 22.2. The number of anilines is 1. The number of aromatic nitrogens is 4. The van der Waals surface area contributed by atoms with E-state index in [1.165, 1.54) is 11.0 Å². The van der Waals surface area contributed by atoms with E-state index in [0.717, 1.165) is 37.1 Å². The first-order valence-electron chi connectivity index (χ1n) is 9.91. The number of nitrogens with one attached hydrogen (secondary N) is 1. The maximum absolute atomic E-state index is 13.1. The van der Waals surface area contributed by atoms with Gasteiger partial charge in [0, 0.05) is 20.1 Å². The molecule has 1 aliphatic carbocycles. The van der Waals surface area contributed by atoms with Crippen molar-refractivity contribution in [3.05, 3.63) is 52.1 Å². The molecule has 4 rings (SSSR count). The molecule has 148 valence electrons. The van der Waals surface area contributed by atoms with Gasteiger partial charge in [0.15, 0.2) is 11.2 Å². The number of rotatable bonds is 5. The van der Waals surface area contributed by atoms with Crippen LogP contribution in [0, 0.1) is 6.92 Å². The Morgan fingerprint density at radius 3 is 2.57 bits per heavy atom. The summed E-state index contributed by atoms with van der Waals surface area (Å²) in [5.41, 5.74) is 1.18. The van der Waals surface area contributed by atoms with Gasteiger partial charge in [-0.15, -0.1) is 0 Å². The first kappa shape index (κ1) is 18.7. The lowest BCUT2D eigenvalue weighted by atomic mass is 9.85. The third-order valence-electron chi connectivity index (χ3n) is 5.72. The second kappa shape index (κ2) is 7.39. The van der Waals surface area contributed by atoms with E-state index in [9.17, 15) is 9.90 Å². The fourth-order valence-corrected chi connectivity index (χ4v) is 4.02. The quantitative estimate of drug-likeness (QED) is 0.710. The largest absolute Gasteiger partial charge is 0.388 e. The number of benzene rings is 1. The van der Waals surface area contributed by atoms with Crippen molar-refractivity contribution >= 4 is 17.1 Å². The summed E-state index contributed by atoms with van der Waals surface area (Å²) in [6.45, 7) is 2.86. The molecule has 0 aliphatic heterocycles. The lowest BCUT2D eigenvalue weighted by Crippen LogP contribution is -2.40. The van der Waals surface area contributed by atoms with Gasteiger partial charge in [-0.05, 0) is 25.3 Å². The first-order chi connectivity index (χ1) is 13.5. The lowest BCUT2D eigenvalue weighted by molar-refractivity contribution is 0.0165. The first-order valence-corrected chi connectivity index (χ1v) is 9.91. The average molecular weight is 381 g/mol. The van der Waals surface area contributed by atoms with Gasteiger partial charge in [0.05, 0.1) is 5.60 Å². The fourth-order valence-electron chi connectivity index (χ4n) is 4.02. The van der Waals surface area contributed by atoms with Crippen LogP contribution < -0.4 is 10.9 Å². The summed E-state index contributed by atoms with van der Waals surface area (Å²) in [5.74, 6) is 1.20. The number of imidazole rings is 1. The van der Waals surface area contributed by atoms with E-state index >= 15 is 0 Å². The number of hydrogen-bond acceptors (Lipinski definition) is 5. The van der Waals surface area contributed by atoms with Gasteiger partial charge in [-0.1, -0.05) is 49.6 Å². The third kappa shape index (κ3) is 3.54. The van der Waals surface area contributed by atoms with Crippen LogP contribution in [0.1, 0.15) is 43.5 Å². The van der Waals surface area contributed by atoms with Crippen LogP contribution in [0.25, 0.3) is 11.2 Å². The highest BCUT2D eigenvalue weighted by molar-refractivity contribution is 5.72. The Morgan fingerprint density at radius 1 is 1.14 bits per heavy atom. The van der Waals surface area contributed by atoms with E-state index in [2.05, 4.69) is 15.3 Å². The molecule has 28 heavy (non-hydrogen) atoms. The zero-order chi connectivity index (χ0) is 19.7. The van der Waals surface area contributed by atoms with Crippen LogP contribution in [0.5, 0.6) is 0 Å². The SMILES string of the molecule is Cc1nc2nc(NCC3(O)CCCCC3)n(C)c(=O)c2n1Cc1ccccc1. The predicted molar refractivity (Wildman–Crippen MR) is 110 cm³/mol. The molecule has 7 heteroatoms. The molecular formula is C21H27N5O2. The van der Waals surface area contributed by atoms with Crippen LogP contribution in [-0.2, 0) is 13.6 Å². The van der Waals surface area contributed by atoms with Crippen LogP contribution in [-0.4, -0.2) is 36.4 Å². The molecule has 7 nitrogen and oxygen atoms in total. The average Bonchev–Trinajstić information content (AvgIpc) is 3.00. The molecule has 0 unspecified atom stereocenters. The summed E-state index contributed by atoms with van der Waals surface area (Å²) in [6, 6.07) is 10.0. The zero-order valence-electron chi connectivity index (χ0n) is 16.5. The van der Waals surface area contributed by atoms with Crippen molar-refractivity contribution in [3.8, 4) is 0 Å². The maximum atomic E-state index is 13.1. The second-order valence-electron chi connectivity index (χ2n) is 7.84. The molecular weight excluding hydrogens is 354 g/mol. The van der Waals surface area contributed by atoms with Crippen molar-refractivity contribution in [1.29, 1.82) is 0 Å². The van der Waals surface area contributed by atoms with Crippen molar-refractivity contribution < 1.29 is 5.11 Å². The Labute approximate surface area is 164 Å². The van der Waals surface area contributed by atoms with E-state index < -0.39 is 5.60 Å². The second-order valence-corrected chi connectivity index (χ2v) is 7.84. The Hall–Kier alpha value is -2.67. The Bertz CT molecular complexity index is 1030. The van der Waals surface area contributed by atoms with Gasteiger partial charge in [-0.3, -0.25) is 9.36 Å². The Balaban J connectivity index is 1.66. The van der Waals surface area contributed by atoms with Crippen LogP contribution in [0.2, 0.25) is 0 Å². The molecule has 0 amide bonds. The van der Waals surface area contributed by atoms with Gasteiger partial charge in [0.2, 0.25) is 5.95 Å². The minimum absolute atomic E-state index is 0.139. The molecule has 0 bridgehead atoms. The lowest BCUT2D eigenvalue weighted by Gasteiger charge is -2.32. The summed E-state index contributed by atoms with van der Waals surface area (Å²) < 4.78 is 3.43. The predicted octanol–water partition coefficient (Wildman–Crippen LogP) is 2.59. The summed E-state index contributed by atoms with van der Waals surface area (Å²) in [5, 5.41) is 13.9. The van der Waals surface area contributed by atoms with Crippen molar-refractivity contribution in [3.63, 3.8) is 0 Å². The van der Waals surface area contributed by atoms with Crippen molar-refractivity contribution in [1.82, 2.24) is 19.1 Å². The topological polar surface area (TPSA) is 85.0 Å². The summed E-state index contributed by atoms with van der Waals surface area (Å²) in [6.07, 6.45) is 4.80. The molecule has 2 heterocycles. The van der Waals surface area contributed by atoms with E-state index in [4.69, 9.17) is 0 Å². The van der Waals surface area contributed by atoms with Crippen molar-refractivity contribution in [2.24, 2.45) is 7.05 Å². The molecule has 2 N–H and O–H groups in total. The van der Waals surface area contributed by atoms with Gasteiger partial charge in [-0.2, -0.15) is 4.98 Å². The van der Waals surface area contributed by atoms with Gasteiger partial charge >= 0.3 is 0 Å². The normalized spacial score (nSPS) is 16.4. The number of fused-ring (bicyclic) bond motifs is 1. The summed E-state index contributed by atoms with van der Waals surface area (Å²) >= 11 is 0. The molecule has 0 radical (unpaired) electrons. The standard InChI is InChI=1S/C21H27N5O2/c1-15-23-18-17(26(15)13-16-9-5-3-6-10-16)19(27)25(2)20(24-18)22-14-21(28)11-7-4-8-12-21/h3,5-6,9-10,28H,4,7-8,11-14H2,1-2H3,(H,22,24). The van der Waals surface area contributed by atoms with Crippen molar-refractivity contribution in [2.75, 3.05) is 11.9 Å². The van der Waals surface area contributed by atoms with Gasteiger partial charge in [0.1, 0.15) is 5.82 Å². The molecule has 1 aliphatic rings. The van der Waals surface area contributed by atoms with E-state index in [1.807, 2.05) is 41.8 Å². The molecule has 0 saturated heterocycles. The van der Waals surface area contributed by atoms with E-state index in [-0.39, 0.29) is 5.56 Å². The van der Waals surface area contributed by atoms with Gasteiger partial charge in [0.25, 0.3) is 5.56 Å². The zero-order valence-corrected chi connectivity index (χ0v) is 16.5. The monoisotopic (exact) mass is 381 g/mol. The maximum Gasteiger partial charge on any atom is 0.280 e. The molecule has 3 aromatic rings. The molecule has 2 aromatic heterocycles. The van der Waals surface area contributed by atoms with Crippen LogP contribution in [0.15, 0.2) is 35.1 Å². The minimum atomic E-state index is -0.729. The highest BCUT2D eigenvalue weighted by atomic mass is 16.3. The number of hydrogen-bond donors (Lipinski definition) is 2. The molecule has 1 fully saturated rings. The molecule has 1 aromatic carbocycles. The van der Waals surface area contributed by atoms with E-state index in [0.29, 0.717) is 30.2 Å². The highest BCUT2D eigenvalue weighted by Crippen LogP contribution is 2.28. The summed E-state index contributed by atoms with van der Waals surface area (Å²) in [7, 11) is 1.71. The number of aryl methyl sites for hydroxylation is 1. The molecule has 1 saturated carbocycles. The fraction of sp³-hybridized carbons (Fsp3) is 0.476. The van der Waals surface area contributed by atoms with Crippen LogP contribution in [0.4, 0.5) is 5.95 Å². The highest BCUT2D eigenvalue weighted by Gasteiger charge is 2.29. The minimum Gasteiger partial charge on any atom is -0.388 e. The van der Waals surface area contributed by atoms with Crippen LogP contribution >= 0.6 is 0 Å². The van der Waals surface area contributed by atoms with Crippen molar-refractivity contribution in [2.45, 2.75) is 51.2 Å². The number of nitrogens with zero attached hydrogens (tertiary/aromatic N) is 4. The molecule has 0 spiro atoms. The van der Waals surface area contributed by atoms with Crippen LogP contribution in [0.3, 0.4) is 0 Å². The number of aliphatic hydroxyl groups is 1. The van der Waals surface area contributed by atoms with Gasteiger partial charge in [-0.25, -0.2) is 4.98 Å².